The third-order valence-electron chi connectivity index (χ3n) is 5.27. The highest BCUT2D eigenvalue weighted by molar-refractivity contribution is 9.10. The lowest BCUT2D eigenvalue weighted by Gasteiger charge is -2.23. The smallest absolute Gasteiger partial charge is 0.124 e. The second-order valence-corrected chi connectivity index (χ2v) is 7.94. The van der Waals surface area contributed by atoms with Gasteiger partial charge in [0.25, 0.3) is 0 Å². The number of nitrogens with zero attached hydrogens (tertiary/aromatic N) is 1. The molecule has 1 fully saturated rings. The largest absolute Gasteiger partial charge is 0.489 e. The first-order valence-corrected chi connectivity index (χ1v) is 10.4. The lowest BCUT2D eigenvalue weighted by atomic mass is 10.1. The van der Waals surface area contributed by atoms with Crippen LogP contribution in [-0.2, 0) is 13.2 Å². The molecule has 1 aliphatic rings. The number of nitrogens with one attached hydrogen (secondary N) is 1. The Morgan fingerprint density at radius 3 is 2.85 bits per heavy atom. The number of aryl methyl sites for hydroxylation is 1. The van der Waals surface area contributed by atoms with E-state index >= 15 is 0 Å². The molecular weight excluding hydrogens is 388 g/mol. The molecule has 0 unspecified atom stereocenters. The Bertz CT molecular complexity index is 719. The molecule has 0 saturated carbocycles. The average Bonchev–Trinajstić information content (AvgIpc) is 3.10. The van der Waals surface area contributed by atoms with Gasteiger partial charge in [-0.15, -0.1) is 0 Å². The minimum atomic E-state index is 0.605. The van der Waals surface area contributed by atoms with Crippen LogP contribution in [0.25, 0.3) is 0 Å². The third kappa shape index (κ3) is 5.09. The summed E-state index contributed by atoms with van der Waals surface area (Å²) >= 11 is 3.59. The molecule has 1 heterocycles. The van der Waals surface area contributed by atoms with E-state index in [0.29, 0.717) is 12.6 Å². The Balaban J connectivity index is 1.59. The number of halogens is 1. The number of likely N-dealkylation sites (tertiary alicyclic amines) is 1. The van der Waals surface area contributed by atoms with Crippen LogP contribution in [0.15, 0.2) is 46.9 Å². The van der Waals surface area contributed by atoms with Crippen molar-refractivity contribution in [3.05, 3.63) is 63.6 Å². The Morgan fingerprint density at radius 2 is 2.04 bits per heavy atom. The summed E-state index contributed by atoms with van der Waals surface area (Å²) in [4.78, 5) is 2.57. The fourth-order valence-corrected chi connectivity index (χ4v) is 4.08. The Labute approximate surface area is 165 Å². The first kappa shape index (κ1) is 19.4. The number of benzene rings is 2. The van der Waals surface area contributed by atoms with Crippen LogP contribution in [0.1, 0.15) is 36.5 Å². The van der Waals surface area contributed by atoms with Crippen molar-refractivity contribution in [2.24, 2.45) is 0 Å². The Morgan fingerprint density at radius 1 is 1.19 bits per heavy atom. The molecule has 3 nitrogen and oxygen atoms in total. The van der Waals surface area contributed by atoms with E-state index < -0.39 is 0 Å². The average molecular weight is 417 g/mol. The van der Waals surface area contributed by atoms with Gasteiger partial charge in [-0.25, -0.2) is 0 Å². The first-order chi connectivity index (χ1) is 12.7. The quantitative estimate of drug-likeness (QED) is 0.661. The van der Waals surface area contributed by atoms with Gasteiger partial charge in [0.2, 0.25) is 0 Å². The summed E-state index contributed by atoms with van der Waals surface area (Å²) in [5, 5.41) is 3.64. The van der Waals surface area contributed by atoms with E-state index in [4.69, 9.17) is 4.74 Å². The first-order valence-electron chi connectivity index (χ1n) is 9.58. The number of rotatable bonds is 8. The minimum Gasteiger partial charge on any atom is -0.489 e. The van der Waals surface area contributed by atoms with E-state index in [9.17, 15) is 0 Å². The van der Waals surface area contributed by atoms with Gasteiger partial charge in [0.05, 0.1) is 0 Å². The zero-order chi connectivity index (χ0) is 18.4. The van der Waals surface area contributed by atoms with Crippen LogP contribution in [0.2, 0.25) is 0 Å². The van der Waals surface area contributed by atoms with E-state index in [1.165, 1.54) is 36.1 Å². The lowest BCUT2D eigenvalue weighted by Crippen LogP contribution is -2.37. The van der Waals surface area contributed by atoms with Crippen LogP contribution in [0.3, 0.4) is 0 Å². The molecule has 3 rings (SSSR count). The number of hydrogen-bond donors (Lipinski definition) is 1. The monoisotopic (exact) mass is 416 g/mol. The zero-order valence-corrected chi connectivity index (χ0v) is 17.4. The van der Waals surface area contributed by atoms with Crippen LogP contribution >= 0.6 is 15.9 Å². The predicted molar refractivity (Wildman–Crippen MR) is 112 cm³/mol. The van der Waals surface area contributed by atoms with Crippen molar-refractivity contribution in [2.45, 2.75) is 45.9 Å². The van der Waals surface area contributed by atoms with Gasteiger partial charge in [-0.1, -0.05) is 47.1 Å². The molecule has 26 heavy (non-hydrogen) atoms. The second-order valence-electron chi connectivity index (χ2n) is 7.02. The number of likely N-dealkylation sites (N-methyl/N-ethyl adjacent to an activating group) is 1. The van der Waals surface area contributed by atoms with Gasteiger partial charge in [0.15, 0.2) is 0 Å². The maximum absolute atomic E-state index is 6.15. The van der Waals surface area contributed by atoms with Gasteiger partial charge >= 0.3 is 0 Å². The van der Waals surface area contributed by atoms with E-state index in [0.717, 1.165) is 29.9 Å². The van der Waals surface area contributed by atoms with Gasteiger partial charge in [0, 0.05) is 29.2 Å². The van der Waals surface area contributed by atoms with E-state index in [1.54, 1.807) is 0 Å². The summed E-state index contributed by atoms with van der Waals surface area (Å²) in [6.07, 6.45) is 2.62. The normalized spacial score (nSPS) is 17.6. The summed E-state index contributed by atoms with van der Waals surface area (Å²) in [5.74, 6) is 0.961. The van der Waals surface area contributed by atoms with Gasteiger partial charge in [-0.2, -0.15) is 0 Å². The molecule has 0 spiro atoms. The van der Waals surface area contributed by atoms with Gasteiger partial charge < -0.3 is 10.1 Å². The molecule has 1 atom stereocenters. The van der Waals surface area contributed by atoms with Crippen molar-refractivity contribution in [1.82, 2.24) is 10.2 Å². The highest BCUT2D eigenvalue weighted by Gasteiger charge is 2.22. The highest BCUT2D eigenvalue weighted by atomic mass is 79.9. The molecule has 0 aromatic heterocycles. The molecule has 2 aromatic carbocycles. The van der Waals surface area contributed by atoms with Crippen molar-refractivity contribution in [3.63, 3.8) is 0 Å². The van der Waals surface area contributed by atoms with E-state index in [1.807, 2.05) is 6.07 Å². The van der Waals surface area contributed by atoms with Crippen molar-refractivity contribution < 1.29 is 4.74 Å². The fraction of sp³-hybridized carbons (Fsp3) is 0.455. The summed E-state index contributed by atoms with van der Waals surface area (Å²) in [6, 6.07) is 15.3. The summed E-state index contributed by atoms with van der Waals surface area (Å²) in [6.45, 7) is 9.24. The third-order valence-corrected chi connectivity index (χ3v) is 5.76. The molecule has 0 bridgehead atoms. The van der Waals surface area contributed by atoms with Crippen LogP contribution < -0.4 is 10.1 Å². The molecule has 0 aliphatic carbocycles. The highest BCUT2D eigenvalue weighted by Crippen LogP contribution is 2.25. The summed E-state index contributed by atoms with van der Waals surface area (Å²) in [5.41, 5.74) is 3.71. The summed E-state index contributed by atoms with van der Waals surface area (Å²) in [7, 11) is 0. The van der Waals surface area contributed by atoms with Crippen LogP contribution in [-0.4, -0.2) is 30.6 Å². The molecule has 4 heteroatoms. The molecule has 140 valence electrons. The summed E-state index contributed by atoms with van der Waals surface area (Å²) < 4.78 is 7.24. The molecule has 1 saturated heterocycles. The minimum absolute atomic E-state index is 0.605. The SMILES string of the molecule is CCN1CCC[C@H]1CNCc1cc(Br)ccc1OCc1ccccc1C. The van der Waals surface area contributed by atoms with Crippen molar-refractivity contribution in [1.29, 1.82) is 0 Å². The van der Waals surface area contributed by atoms with Crippen LogP contribution in [0.5, 0.6) is 5.75 Å². The standard InChI is InChI=1S/C22H29BrN2O/c1-3-25-12-6-9-21(25)15-24-14-19-13-20(23)10-11-22(19)26-16-18-8-5-4-7-17(18)2/h4-5,7-8,10-11,13,21,24H,3,6,9,12,14-16H2,1-2H3/t21-/m0/s1. The van der Waals surface area contributed by atoms with Gasteiger partial charge in [-0.3, -0.25) is 4.90 Å². The van der Waals surface area contributed by atoms with Crippen molar-refractivity contribution in [2.75, 3.05) is 19.6 Å². The Hall–Kier alpha value is -1.36. The Kier molecular flexibility index (Phi) is 7.12. The van der Waals surface area contributed by atoms with Gasteiger partial charge in [-0.05, 0) is 62.2 Å². The van der Waals surface area contributed by atoms with E-state index in [-0.39, 0.29) is 0 Å². The zero-order valence-electron chi connectivity index (χ0n) is 15.8. The van der Waals surface area contributed by atoms with E-state index in [2.05, 4.69) is 76.4 Å². The molecule has 0 amide bonds. The van der Waals surface area contributed by atoms with Crippen molar-refractivity contribution in [3.8, 4) is 5.75 Å². The second kappa shape index (κ2) is 9.54. The van der Waals surface area contributed by atoms with Crippen LogP contribution in [0, 0.1) is 6.92 Å². The molecular formula is C22H29BrN2O. The number of ether oxygens (including phenoxy) is 1. The molecule has 2 aromatic rings. The molecule has 1 aliphatic heterocycles. The number of hydrogen-bond acceptors (Lipinski definition) is 3. The fourth-order valence-electron chi connectivity index (χ4n) is 3.67. The molecule has 1 N–H and O–H groups in total. The topological polar surface area (TPSA) is 24.5 Å². The maximum atomic E-state index is 6.15. The lowest BCUT2D eigenvalue weighted by molar-refractivity contribution is 0.259. The maximum Gasteiger partial charge on any atom is 0.124 e. The predicted octanol–water partition coefficient (Wildman–Crippen LogP) is 4.91. The molecule has 0 radical (unpaired) electrons. The van der Waals surface area contributed by atoms with Gasteiger partial charge in [0.1, 0.15) is 12.4 Å². The van der Waals surface area contributed by atoms with Crippen molar-refractivity contribution >= 4 is 15.9 Å². The van der Waals surface area contributed by atoms with Crippen LogP contribution in [0.4, 0.5) is 0 Å².